The molecule has 5 nitrogen and oxygen atoms in total. The van der Waals surface area contributed by atoms with Gasteiger partial charge in [-0.25, -0.2) is 0 Å². The maximum Gasteiger partial charge on any atom is 0.211 e. The molecule has 0 radical (unpaired) electrons. The zero-order valence-corrected chi connectivity index (χ0v) is 13.1. The van der Waals surface area contributed by atoms with Gasteiger partial charge in [0.1, 0.15) is 0 Å². The Labute approximate surface area is 142 Å². The van der Waals surface area contributed by atoms with Crippen LogP contribution < -0.4 is 9.47 Å². The maximum absolute atomic E-state index is 13.0. The summed E-state index contributed by atoms with van der Waals surface area (Å²) in [6.07, 6.45) is -1.66. The molecule has 5 rings (SSSR count). The Morgan fingerprint density at radius 1 is 1.57 bits per heavy atom. The van der Waals surface area contributed by atoms with E-state index in [1.807, 2.05) is 0 Å². The van der Waals surface area contributed by atoms with E-state index in [9.17, 15) is 6.17 Å². The van der Waals surface area contributed by atoms with E-state index in [1.54, 1.807) is 11.9 Å². The van der Waals surface area contributed by atoms with Crippen molar-refractivity contribution in [2.45, 2.75) is 48.8 Å². The fourth-order valence-electron chi connectivity index (χ4n) is 4.98. The summed E-state index contributed by atoms with van der Waals surface area (Å²) in [5.41, 5.74) is -2.00. The molecule has 2 bridgehead atoms. The molecule has 2 heterocycles. The molecule has 23 heavy (non-hydrogen) atoms. The van der Waals surface area contributed by atoms with Crippen molar-refractivity contribution in [3.63, 3.8) is 0 Å². The summed E-state index contributed by atoms with van der Waals surface area (Å²) in [7, 11) is 3.12. The standard InChI is InChI=1S/C18H21NO4/c1-19-8-7-17-14-10-3-4-12(22-2)15(14)23-16(17)11(20)5-6-18(17,21)13(19)9-10/h3-4,13,16,21H,5-9H2,1-2H3/t13-,16?,17+,18-/m1/s1/i3D,4D,13D,16D,21D. The highest BCUT2D eigenvalue weighted by Crippen LogP contribution is 2.64. The largest absolute Gasteiger partial charge is 0.493 e. The molecule has 1 N–H and O–H groups in total. The van der Waals surface area contributed by atoms with Crippen LogP contribution >= 0.6 is 0 Å². The quantitative estimate of drug-likeness (QED) is 0.883. The summed E-state index contributed by atoms with van der Waals surface area (Å²) in [5, 5.41) is 5.35. The van der Waals surface area contributed by atoms with Gasteiger partial charge in [0.05, 0.1) is 23.6 Å². The SMILES string of the molecule is [2H]O[C@@]12CCC(=O)C3([2H])Oc4c(OC)c([2H])c([2H])c5c4[C@@]31CCN(C)[C@]2([2H])C5. The summed E-state index contributed by atoms with van der Waals surface area (Å²) < 4.78 is 54.7. The van der Waals surface area contributed by atoms with Gasteiger partial charge in [0.15, 0.2) is 23.4 Å². The molecule has 1 saturated carbocycles. The zero-order valence-electron chi connectivity index (χ0n) is 18.1. The number of rotatable bonds is 2. The monoisotopic (exact) mass is 320 g/mol. The number of likely N-dealkylation sites (N-methyl/N-ethyl adjacent to an activating group) is 1. The number of hydrogen-bond acceptors (Lipinski definition) is 5. The van der Waals surface area contributed by atoms with E-state index in [0.29, 0.717) is 17.7 Å². The third-order valence-corrected chi connectivity index (χ3v) is 6.02. The van der Waals surface area contributed by atoms with Crippen LogP contribution in [0, 0.1) is 0 Å². The lowest BCUT2D eigenvalue weighted by molar-refractivity contribution is -0.185. The van der Waals surface area contributed by atoms with E-state index in [-0.39, 0.29) is 49.3 Å². The number of methoxy groups -OCH3 is 1. The highest BCUT2D eigenvalue weighted by Gasteiger charge is 2.72. The van der Waals surface area contributed by atoms with Crippen molar-refractivity contribution in [3.05, 3.63) is 23.2 Å². The van der Waals surface area contributed by atoms with E-state index in [1.165, 1.54) is 7.11 Å². The van der Waals surface area contributed by atoms with Crippen molar-refractivity contribution < 1.29 is 24.9 Å². The minimum Gasteiger partial charge on any atom is -0.493 e. The highest BCUT2D eigenvalue weighted by atomic mass is 16.5. The molecule has 5 heteroatoms. The topological polar surface area (TPSA) is 59.0 Å². The Morgan fingerprint density at radius 3 is 3.22 bits per heavy atom. The number of Topliss-reactive ketones (excluding diaryl/α,β-unsaturated/α-hetero) is 1. The molecule has 1 aromatic carbocycles. The molecule has 0 amide bonds. The summed E-state index contributed by atoms with van der Waals surface area (Å²) in [5.74, 6) is -0.296. The molecule has 1 saturated heterocycles. The number of hydrogen-bond donors (Lipinski definition) is 1. The van der Waals surface area contributed by atoms with Crippen LogP contribution in [0.2, 0.25) is 0 Å². The van der Waals surface area contributed by atoms with Gasteiger partial charge in [0.2, 0.25) is 1.43 Å². The first-order chi connectivity index (χ1) is 13.1. The lowest BCUT2D eigenvalue weighted by Gasteiger charge is -2.62. The number of nitrogens with zero attached hydrogens (tertiary/aromatic N) is 1. The van der Waals surface area contributed by atoms with Crippen LogP contribution in [0.4, 0.5) is 0 Å². The molecule has 1 unspecified atom stereocenters. The second-order valence-corrected chi connectivity index (χ2v) is 6.85. The van der Waals surface area contributed by atoms with Gasteiger partial charge < -0.3 is 19.5 Å². The van der Waals surface area contributed by atoms with Crippen molar-refractivity contribution >= 4 is 5.78 Å². The number of likely N-dealkylation sites (tertiary alicyclic amines) is 1. The second kappa shape index (κ2) is 4.08. The van der Waals surface area contributed by atoms with Crippen LogP contribution in [0.25, 0.3) is 0 Å². The second-order valence-electron chi connectivity index (χ2n) is 6.85. The minimum absolute atomic E-state index is 0.0160. The summed E-state index contributed by atoms with van der Waals surface area (Å²) in [6.45, 7) is 0.420. The predicted octanol–water partition coefficient (Wildman–Crippen LogP) is 1.05. The Hall–Kier alpha value is -1.59. The Balaban J connectivity index is 1.99. The molecule has 2 aliphatic carbocycles. The predicted molar refractivity (Wildman–Crippen MR) is 83.0 cm³/mol. The molecule has 1 aromatic rings. The van der Waals surface area contributed by atoms with Crippen molar-refractivity contribution in [2.24, 2.45) is 0 Å². The molecule has 0 aromatic heterocycles. The Kier molecular flexibility index (Phi) is 1.71. The van der Waals surface area contributed by atoms with E-state index >= 15 is 0 Å². The summed E-state index contributed by atoms with van der Waals surface area (Å²) >= 11 is 0. The molecular weight excluding hydrogens is 294 g/mol. The van der Waals surface area contributed by atoms with Gasteiger partial charge in [0, 0.05) is 18.0 Å². The number of carbonyl (C=O) groups is 1. The lowest BCUT2D eigenvalue weighted by atomic mass is 9.49. The van der Waals surface area contributed by atoms with Crippen LogP contribution in [-0.4, -0.2) is 55.6 Å². The molecule has 122 valence electrons. The Bertz CT molecular complexity index is 943. The van der Waals surface area contributed by atoms with Crippen molar-refractivity contribution in [1.82, 2.24) is 4.90 Å². The Morgan fingerprint density at radius 2 is 2.43 bits per heavy atom. The molecule has 4 atom stereocenters. The third-order valence-electron chi connectivity index (χ3n) is 6.02. The number of ether oxygens (including phenoxy) is 2. The number of benzene rings is 1. The van der Waals surface area contributed by atoms with Crippen LogP contribution in [0.5, 0.6) is 11.5 Å². The van der Waals surface area contributed by atoms with Crippen molar-refractivity contribution in [3.8, 4) is 11.5 Å². The van der Waals surface area contributed by atoms with Gasteiger partial charge in [-0.3, -0.25) is 4.79 Å². The van der Waals surface area contributed by atoms with Crippen molar-refractivity contribution in [1.29, 1.82) is 1.43 Å². The number of ketones is 1. The highest BCUT2D eigenvalue weighted by molar-refractivity contribution is 5.90. The number of piperidine rings is 1. The average Bonchev–Trinajstić information content (AvgIpc) is 2.94. The first-order valence-electron chi connectivity index (χ1n) is 10.3. The normalized spacial score (nSPS) is 50.0. The van der Waals surface area contributed by atoms with E-state index < -0.39 is 28.9 Å². The van der Waals surface area contributed by atoms with Crippen LogP contribution in [0.15, 0.2) is 12.1 Å². The van der Waals surface area contributed by atoms with Crippen molar-refractivity contribution in [2.75, 3.05) is 20.7 Å². The third kappa shape index (κ3) is 1.32. The first-order valence-corrected chi connectivity index (χ1v) is 7.93. The van der Waals surface area contributed by atoms with Gasteiger partial charge in [-0.15, -0.1) is 0 Å². The minimum atomic E-state index is -2.08. The van der Waals surface area contributed by atoms with Gasteiger partial charge in [-0.1, -0.05) is 6.04 Å². The maximum atomic E-state index is 13.0. The molecule has 2 fully saturated rings. The van der Waals surface area contributed by atoms with Gasteiger partial charge in [-0.05, 0) is 44.5 Å². The lowest BCUT2D eigenvalue weighted by Crippen LogP contribution is -2.76. The van der Waals surface area contributed by atoms with Crippen LogP contribution in [0.3, 0.4) is 0 Å². The molecule has 2 aliphatic heterocycles. The fraction of sp³-hybridized carbons (Fsp3) is 0.611. The van der Waals surface area contributed by atoms with Gasteiger partial charge in [0.25, 0.3) is 0 Å². The molecular formula is C18H21NO4. The van der Waals surface area contributed by atoms with Crippen LogP contribution in [0.1, 0.15) is 35.9 Å². The molecule has 1 spiro atoms. The van der Waals surface area contributed by atoms with E-state index in [0.717, 1.165) is 0 Å². The number of carbonyl (C=O) groups excluding carboxylic acids is 1. The van der Waals surface area contributed by atoms with Gasteiger partial charge >= 0.3 is 0 Å². The summed E-state index contributed by atoms with van der Waals surface area (Å²) in [6, 6.07) is -1.74. The first kappa shape index (κ1) is 9.64. The average molecular weight is 320 g/mol. The summed E-state index contributed by atoms with van der Waals surface area (Å²) in [4.78, 5) is 14.8. The fourth-order valence-corrected chi connectivity index (χ4v) is 4.98. The van der Waals surface area contributed by atoms with E-state index in [4.69, 9.17) is 20.1 Å². The zero-order chi connectivity index (χ0) is 20.3. The smallest absolute Gasteiger partial charge is 0.211 e. The van der Waals surface area contributed by atoms with E-state index in [2.05, 4.69) is 0 Å². The number of aliphatic hydroxyl groups is 1. The van der Waals surface area contributed by atoms with Crippen LogP contribution in [-0.2, 0) is 16.6 Å². The van der Waals surface area contributed by atoms with Gasteiger partial charge in [-0.2, -0.15) is 0 Å². The molecule has 4 aliphatic rings.